The Morgan fingerprint density at radius 3 is 2.58 bits per heavy atom. The van der Waals surface area contributed by atoms with Crippen molar-refractivity contribution in [3.63, 3.8) is 0 Å². The molecule has 3 nitrogen and oxygen atoms in total. The summed E-state index contributed by atoms with van der Waals surface area (Å²) in [4.78, 5) is 14.4. The Hall–Kier alpha value is -1.49. The average molecular weight is 363 g/mol. The van der Waals surface area contributed by atoms with E-state index in [1.54, 1.807) is 26.0 Å². The van der Waals surface area contributed by atoms with Gasteiger partial charge in [-0.15, -0.1) is 0 Å². The maximum absolute atomic E-state index is 13.2. The molecule has 2 aliphatic carbocycles. The summed E-state index contributed by atoms with van der Waals surface area (Å²) >= 11 is 0. The number of likely N-dealkylation sites (tertiary alicyclic amines) is 1. The molecule has 1 spiro atoms. The number of aliphatic hydroxyl groups is 1. The van der Waals surface area contributed by atoms with Gasteiger partial charge >= 0.3 is 0 Å². The highest BCUT2D eigenvalue weighted by molar-refractivity contribution is 5.81. The number of alkyl halides is 2. The van der Waals surface area contributed by atoms with E-state index in [2.05, 4.69) is 0 Å². The van der Waals surface area contributed by atoms with Crippen LogP contribution < -0.4 is 0 Å². The van der Waals surface area contributed by atoms with Crippen LogP contribution >= 0.6 is 0 Å². The van der Waals surface area contributed by atoms with Gasteiger partial charge in [0.15, 0.2) is 0 Å². The fourth-order valence-corrected chi connectivity index (χ4v) is 5.28. The molecular weight excluding hydrogens is 336 g/mol. The van der Waals surface area contributed by atoms with Gasteiger partial charge in [-0.05, 0) is 69.1 Å². The summed E-state index contributed by atoms with van der Waals surface area (Å²) in [5.41, 5.74) is 1.30. The number of carbonyl (C=O) groups is 1. The van der Waals surface area contributed by atoms with E-state index in [0.717, 1.165) is 37.9 Å². The maximum Gasteiger partial charge on any atom is 0.264 e. The Morgan fingerprint density at radius 2 is 1.96 bits per heavy atom. The topological polar surface area (TPSA) is 40.5 Å². The normalized spacial score (nSPS) is 32.6. The third kappa shape index (κ3) is 3.04. The van der Waals surface area contributed by atoms with Gasteiger partial charge in [-0.1, -0.05) is 12.1 Å². The fourth-order valence-electron chi connectivity index (χ4n) is 5.28. The lowest BCUT2D eigenvalue weighted by molar-refractivity contribution is -0.161. The van der Waals surface area contributed by atoms with Crippen molar-refractivity contribution in [2.45, 2.75) is 63.9 Å². The molecular formula is C21H27F2NO2. The summed E-state index contributed by atoms with van der Waals surface area (Å²) in [6.07, 6.45) is 1.75. The highest BCUT2D eigenvalue weighted by Gasteiger charge is 2.53. The lowest BCUT2D eigenvalue weighted by Gasteiger charge is -2.52. The van der Waals surface area contributed by atoms with Crippen molar-refractivity contribution < 1.29 is 18.7 Å². The van der Waals surface area contributed by atoms with Crippen LogP contribution in [0.4, 0.5) is 8.78 Å². The van der Waals surface area contributed by atoms with Gasteiger partial charge in [0.2, 0.25) is 5.91 Å². The van der Waals surface area contributed by atoms with Crippen molar-refractivity contribution in [2.75, 3.05) is 13.1 Å². The number of benzene rings is 1. The number of nitrogens with zero attached hydrogens (tertiary/aromatic N) is 1. The summed E-state index contributed by atoms with van der Waals surface area (Å²) in [5, 5.41) is 9.83. The molecule has 0 unspecified atom stereocenters. The van der Waals surface area contributed by atoms with Gasteiger partial charge < -0.3 is 10.0 Å². The summed E-state index contributed by atoms with van der Waals surface area (Å²) in [7, 11) is 0. The zero-order chi connectivity index (χ0) is 18.7. The second-order valence-corrected chi connectivity index (χ2v) is 9.15. The van der Waals surface area contributed by atoms with Gasteiger partial charge in [0.05, 0.1) is 5.60 Å². The van der Waals surface area contributed by atoms with E-state index < -0.39 is 12.0 Å². The van der Waals surface area contributed by atoms with Crippen molar-refractivity contribution in [3.8, 4) is 0 Å². The quantitative estimate of drug-likeness (QED) is 0.875. The monoisotopic (exact) mass is 363 g/mol. The third-order valence-corrected chi connectivity index (χ3v) is 6.80. The summed E-state index contributed by atoms with van der Waals surface area (Å²) in [6, 6.07) is 5.48. The van der Waals surface area contributed by atoms with Gasteiger partial charge in [0, 0.05) is 30.0 Å². The van der Waals surface area contributed by atoms with Gasteiger partial charge in [0.25, 0.3) is 6.43 Å². The number of hydrogen-bond donors (Lipinski definition) is 1. The molecule has 1 aromatic carbocycles. The SMILES string of the molecule is Cc1ccc([C@@H]2CCC3(C2)CN(C(=O)C2CC(C)(O)C2)C3)cc1C(F)F. The summed E-state index contributed by atoms with van der Waals surface area (Å²) in [6.45, 7) is 5.09. The van der Waals surface area contributed by atoms with E-state index in [0.29, 0.717) is 24.3 Å². The van der Waals surface area contributed by atoms with Crippen molar-refractivity contribution in [2.24, 2.45) is 11.3 Å². The molecule has 5 heteroatoms. The molecule has 0 radical (unpaired) electrons. The zero-order valence-corrected chi connectivity index (χ0v) is 15.5. The number of rotatable bonds is 3. The molecule has 2 saturated carbocycles. The zero-order valence-electron chi connectivity index (χ0n) is 15.5. The van der Waals surface area contributed by atoms with Gasteiger partial charge in [-0.2, -0.15) is 0 Å². The fraction of sp³-hybridized carbons (Fsp3) is 0.667. The van der Waals surface area contributed by atoms with E-state index in [4.69, 9.17) is 0 Å². The van der Waals surface area contributed by atoms with Crippen LogP contribution in [0.1, 0.15) is 68.1 Å². The van der Waals surface area contributed by atoms with Crippen LogP contribution in [0, 0.1) is 18.3 Å². The first-order valence-electron chi connectivity index (χ1n) is 9.58. The lowest BCUT2D eigenvalue weighted by atomic mass is 9.69. The lowest BCUT2D eigenvalue weighted by Crippen LogP contribution is -2.61. The van der Waals surface area contributed by atoms with E-state index >= 15 is 0 Å². The molecule has 4 rings (SSSR count). The van der Waals surface area contributed by atoms with Crippen LogP contribution in [0.15, 0.2) is 18.2 Å². The van der Waals surface area contributed by atoms with Crippen LogP contribution in [-0.2, 0) is 4.79 Å². The average Bonchev–Trinajstić information content (AvgIpc) is 2.96. The number of halogens is 2. The summed E-state index contributed by atoms with van der Waals surface area (Å²) < 4.78 is 26.3. The number of hydrogen-bond acceptors (Lipinski definition) is 2. The minimum atomic E-state index is -2.43. The van der Waals surface area contributed by atoms with E-state index in [9.17, 15) is 18.7 Å². The molecule has 1 N–H and O–H groups in total. The van der Waals surface area contributed by atoms with Crippen LogP contribution in [-0.4, -0.2) is 34.6 Å². The second-order valence-electron chi connectivity index (χ2n) is 9.15. The second kappa shape index (κ2) is 6.01. The van der Waals surface area contributed by atoms with Crippen LogP contribution in [0.3, 0.4) is 0 Å². The third-order valence-electron chi connectivity index (χ3n) is 6.80. The Bertz CT molecular complexity index is 717. The highest BCUT2D eigenvalue weighted by Crippen LogP contribution is 2.53. The first kappa shape index (κ1) is 17.9. The predicted molar refractivity (Wildman–Crippen MR) is 95.1 cm³/mol. The molecule has 3 fully saturated rings. The van der Waals surface area contributed by atoms with E-state index in [1.165, 1.54) is 0 Å². The number of amides is 1. The Balaban J connectivity index is 1.37. The smallest absolute Gasteiger partial charge is 0.264 e. The molecule has 1 heterocycles. The first-order valence-corrected chi connectivity index (χ1v) is 9.58. The molecule has 26 heavy (non-hydrogen) atoms. The largest absolute Gasteiger partial charge is 0.390 e. The molecule has 142 valence electrons. The molecule has 3 aliphatic rings. The Labute approximate surface area is 153 Å². The minimum Gasteiger partial charge on any atom is -0.390 e. The van der Waals surface area contributed by atoms with Crippen LogP contribution in [0.2, 0.25) is 0 Å². The molecule has 1 saturated heterocycles. The minimum absolute atomic E-state index is 0.0229. The molecule has 0 bridgehead atoms. The molecule has 1 aromatic rings. The highest BCUT2D eigenvalue weighted by atomic mass is 19.3. The molecule has 1 atom stereocenters. The number of carbonyl (C=O) groups excluding carboxylic acids is 1. The van der Waals surface area contributed by atoms with Gasteiger partial charge in [-0.3, -0.25) is 4.79 Å². The molecule has 1 aliphatic heterocycles. The van der Waals surface area contributed by atoms with Crippen LogP contribution in [0.25, 0.3) is 0 Å². The van der Waals surface area contributed by atoms with E-state index in [1.807, 2.05) is 11.0 Å². The molecule has 0 aromatic heterocycles. The summed E-state index contributed by atoms with van der Waals surface area (Å²) in [5.74, 6) is 0.473. The number of aryl methyl sites for hydroxylation is 1. The van der Waals surface area contributed by atoms with E-state index in [-0.39, 0.29) is 22.8 Å². The first-order chi connectivity index (χ1) is 12.2. The molecule has 1 amide bonds. The standard InChI is InChI=1S/C21H27F2NO2/c1-13-3-4-14(7-17(13)18(22)23)15-5-6-21(10-15)11-24(12-21)19(25)16-8-20(2,26)9-16/h3-4,7,15-16,18,26H,5-6,8-12H2,1-2H3/t15-,16?,20?/m1/s1. The van der Waals surface area contributed by atoms with Crippen LogP contribution in [0.5, 0.6) is 0 Å². The van der Waals surface area contributed by atoms with Gasteiger partial charge in [-0.25, -0.2) is 8.78 Å². The Morgan fingerprint density at radius 1 is 1.27 bits per heavy atom. The Kier molecular flexibility index (Phi) is 4.14. The van der Waals surface area contributed by atoms with Crippen molar-refractivity contribution in [3.05, 3.63) is 34.9 Å². The van der Waals surface area contributed by atoms with Crippen molar-refractivity contribution >= 4 is 5.91 Å². The van der Waals surface area contributed by atoms with Crippen molar-refractivity contribution in [1.82, 2.24) is 4.90 Å². The predicted octanol–water partition coefficient (Wildman–Crippen LogP) is 4.19. The van der Waals surface area contributed by atoms with Gasteiger partial charge in [0.1, 0.15) is 0 Å². The van der Waals surface area contributed by atoms with Crippen molar-refractivity contribution in [1.29, 1.82) is 0 Å². The maximum atomic E-state index is 13.2.